The molecule has 0 unspecified atom stereocenters. The number of piperidine rings is 1. The molecular formula is C16H23ClN2O3S. The molecular weight excluding hydrogens is 336 g/mol. The molecule has 0 radical (unpaired) electrons. The number of aliphatic hydroxyl groups excluding tert-OH is 1. The van der Waals surface area contributed by atoms with E-state index in [9.17, 15) is 9.90 Å². The summed E-state index contributed by atoms with van der Waals surface area (Å²) >= 11 is 1.79. The van der Waals surface area contributed by atoms with Gasteiger partial charge >= 0.3 is 0 Å². The van der Waals surface area contributed by atoms with Crippen LogP contribution in [-0.4, -0.2) is 54.3 Å². The van der Waals surface area contributed by atoms with Gasteiger partial charge < -0.3 is 20.1 Å². The lowest BCUT2D eigenvalue weighted by Gasteiger charge is -2.44. The molecule has 0 aromatic carbocycles. The zero-order valence-electron chi connectivity index (χ0n) is 13.0. The van der Waals surface area contributed by atoms with Crippen LogP contribution >= 0.6 is 23.7 Å². The minimum absolute atomic E-state index is 0. The first-order valence-corrected chi connectivity index (χ1v) is 8.97. The summed E-state index contributed by atoms with van der Waals surface area (Å²) < 4.78 is 6.18. The van der Waals surface area contributed by atoms with Crippen molar-refractivity contribution in [1.29, 1.82) is 0 Å². The predicted octanol–water partition coefficient (Wildman–Crippen LogP) is 1.28. The van der Waals surface area contributed by atoms with Crippen LogP contribution in [0.15, 0.2) is 11.4 Å². The van der Waals surface area contributed by atoms with Crippen molar-refractivity contribution < 1.29 is 14.6 Å². The van der Waals surface area contributed by atoms with Crippen LogP contribution in [0.3, 0.4) is 0 Å². The Hall–Kier alpha value is -0.660. The number of carbonyl (C=O) groups excluding carboxylic acids is 1. The molecule has 3 aliphatic heterocycles. The zero-order chi connectivity index (χ0) is 15.2. The molecule has 3 aliphatic rings. The van der Waals surface area contributed by atoms with Crippen LogP contribution in [-0.2, 0) is 21.6 Å². The average Bonchev–Trinajstić information content (AvgIpc) is 3.17. The Morgan fingerprint density at radius 2 is 2.22 bits per heavy atom. The van der Waals surface area contributed by atoms with Crippen molar-refractivity contribution in [2.45, 2.75) is 43.4 Å². The van der Waals surface area contributed by atoms with Crippen molar-refractivity contribution in [2.24, 2.45) is 0 Å². The lowest BCUT2D eigenvalue weighted by molar-refractivity contribution is -0.142. The van der Waals surface area contributed by atoms with Crippen LogP contribution in [0, 0.1) is 0 Å². The summed E-state index contributed by atoms with van der Waals surface area (Å²) in [6.45, 7) is 2.79. The monoisotopic (exact) mass is 358 g/mol. The van der Waals surface area contributed by atoms with Gasteiger partial charge in [0.2, 0.25) is 5.91 Å². The number of aliphatic hydroxyl groups is 1. The maximum atomic E-state index is 12.5. The zero-order valence-corrected chi connectivity index (χ0v) is 14.6. The van der Waals surface area contributed by atoms with E-state index in [0.29, 0.717) is 13.0 Å². The minimum Gasteiger partial charge on any atom is -0.392 e. The number of likely N-dealkylation sites (tertiary alicyclic amines) is 1. The van der Waals surface area contributed by atoms with E-state index in [0.717, 1.165) is 39.0 Å². The molecule has 2 fully saturated rings. The molecule has 23 heavy (non-hydrogen) atoms. The van der Waals surface area contributed by atoms with Crippen molar-refractivity contribution in [3.63, 3.8) is 0 Å². The van der Waals surface area contributed by atoms with E-state index >= 15 is 0 Å². The van der Waals surface area contributed by atoms with E-state index in [2.05, 4.69) is 16.8 Å². The number of rotatable bonds is 1. The second-order valence-electron chi connectivity index (χ2n) is 6.54. The molecule has 4 rings (SSSR count). The SMILES string of the molecule is Cl.O=C([C@@H]1C[C@@H](O)CN1)N1CCC2(CC1)OCCc1ccsc12. The largest absolute Gasteiger partial charge is 0.392 e. The Bertz CT molecular complexity index is 571. The number of β-amino-alcohol motifs (C(OH)–C–C–N with tert-alkyl or cyclic N) is 1. The summed E-state index contributed by atoms with van der Waals surface area (Å²) in [5.41, 5.74) is 1.26. The van der Waals surface area contributed by atoms with Crippen molar-refractivity contribution in [3.05, 3.63) is 21.9 Å². The fourth-order valence-corrected chi connectivity index (χ4v) is 5.11. The van der Waals surface area contributed by atoms with Gasteiger partial charge in [-0.15, -0.1) is 23.7 Å². The van der Waals surface area contributed by atoms with Crippen LogP contribution in [0.5, 0.6) is 0 Å². The first-order chi connectivity index (χ1) is 10.7. The van der Waals surface area contributed by atoms with Crippen LogP contribution in [0.4, 0.5) is 0 Å². The topological polar surface area (TPSA) is 61.8 Å². The maximum Gasteiger partial charge on any atom is 0.239 e. The van der Waals surface area contributed by atoms with Gasteiger partial charge in [0.15, 0.2) is 0 Å². The van der Waals surface area contributed by atoms with E-state index in [4.69, 9.17) is 4.74 Å². The first kappa shape index (κ1) is 17.2. The molecule has 0 bridgehead atoms. The van der Waals surface area contributed by atoms with Crippen LogP contribution < -0.4 is 5.32 Å². The van der Waals surface area contributed by atoms with E-state index in [1.165, 1.54) is 10.4 Å². The molecule has 2 saturated heterocycles. The van der Waals surface area contributed by atoms with Gasteiger partial charge in [0, 0.05) is 24.5 Å². The Labute approximate surface area is 146 Å². The standard InChI is InChI=1S/C16H22N2O3S.ClH/c19-12-9-13(17-10-12)15(20)18-5-3-16(4-6-18)14-11(1-7-21-16)2-8-22-14;/h2,8,12-13,17,19H,1,3-7,9-10H2;1H/t12-,13+;/m1./s1. The molecule has 128 valence electrons. The molecule has 1 aromatic heterocycles. The van der Waals surface area contributed by atoms with Crippen LogP contribution in [0.2, 0.25) is 0 Å². The number of hydrogen-bond donors (Lipinski definition) is 2. The molecule has 2 N–H and O–H groups in total. The lowest BCUT2D eigenvalue weighted by atomic mass is 9.85. The van der Waals surface area contributed by atoms with Gasteiger partial charge in [-0.05, 0) is 42.7 Å². The third-order valence-corrected chi connectivity index (χ3v) is 6.34. The summed E-state index contributed by atoms with van der Waals surface area (Å²) in [6.07, 6.45) is 2.91. The Balaban J connectivity index is 0.00000156. The number of nitrogens with zero attached hydrogens (tertiary/aromatic N) is 1. The van der Waals surface area contributed by atoms with E-state index in [1.807, 2.05) is 4.90 Å². The lowest BCUT2D eigenvalue weighted by Crippen LogP contribution is -2.51. The quantitative estimate of drug-likeness (QED) is 0.794. The molecule has 1 spiro atoms. The van der Waals surface area contributed by atoms with Gasteiger partial charge in [-0.3, -0.25) is 4.79 Å². The highest BCUT2D eigenvalue weighted by Gasteiger charge is 2.43. The van der Waals surface area contributed by atoms with Crippen molar-refractivity contribution >= 4 is 29.7 Å². The molecule has 4 heterocycles. The van der Waals surface area contributed by atoms with Gasteiger partial charge in [0.25, 0.3) is 0 Å². The van der Waals surface area contributed by atoms with Crippen LogP contribution in [0.25, 0.3) is 0 Å². The summed E-state index contributed by atoms with van der Waals surface area (Å²) in [5, 5.41) is 14.9. The fraction of sp³-hybridized carbons (Fsp3) is 0.688. The van der Waals surface area contributed by atoms with Crippen molar-refractivity contribution in [1.82, 2.24) is 10.2 Å². The molecule has 1 amide bonds. The van der Waals surface area contributed by atoms with Crippen molar-refractivity contribution in [2.75, 3.05) is 26.2 Å². The third kappa shape index (κ3) is 3.03. The Morgan fingerprint density at radius 3 is 2.91 bits per heavy atom. The second kappa shape index (κ2) is 6.69. The van der Waals surface area contributed by atoms with Gasteiger partial charge in [0.05, 0.1) is 18.8 Å². The molecule has 1 aromatic rings. The number of carbonyl (C=O) groups is 1. The van der Waals surface area contributed by atoms with E-state index in [1.54, 1.807) is 11.3 Å². The number of hydrogen-bond acceptors (Lipinski definition) is 5. The fourth-order valence-electron chi connectivity index (χ4n) is 3.94. The van der Waals surface area contributed by atoms with Gasteiger partial charge in [-0.2, -0.15) is 0 Å². The Morgan fingerprint density at radius 1 is 1.43 bits per heavy atom. The summed E-state index contributed by atoms with van der Waals surface area (Å²) in [5.74, 6) is 0.133. The van der Waals surface area contributed by atoms with Gasteiger partial charge in [-0.25, -0.2) is 0 Å². The molecule has 2 atom stereocenters. The number of fused-ring (bicyclic) bond motifs is 2. The molecule has 0 aliphatic carbocycles. The smallest absolute Gasteiger partial charge is 0.239 e. The Kier molecular flexibility index (Phi) is 4.99. The number of thiophene rings is 1. The number of nitrogens with one attached hydrogen (secondary N) is 1. The summed E-state index contributed by atoms with van der Waals surface area (Å²) in [4.78, 5) is 15.8. The highest BCUT2D eigenvalue weighted by Crippen LogP contribution is 2.44. The number of halogens is 1. The van der Waals surface area contributed by atoms with E-state index < -0.39 is 0 Å². The molecule has 5 nitrogen and oxygen atoms in total. The highest BCUT2D eigenvalue weighted by atomic mass is 35.5. The minimum atomic E-state index is -0.388. The van der Waals surface area contributed by atoms with E-state index in [-0.39, 0.29) is 36.1 Å². The van der Waals surface area contributed by atoms with Gasteiger partial charge in [-0.1, -0.05) is 0 Å². The normalized spacial score (nSPS) is 29.2. The molecule has 0 saturated carbocycles. The van der Waals surface area contributed by atoms with Gasteiger partial charge in [0.1, 0.15) is 5.60 Å². The first-order valence-electron chi connectivity index (χ1n) is 8.09. The predicted molar refractivity (Wildman–Crippen MR) is 91.1 cm³/mol. The van der Waals surface area contributed by atoms with Crippen molar-refractivity contribution in [3.8, 4) is 0 Å². The highest BCUT2D eigenvalue weighted by molar-refractivity contribution is 7.10. The average molecular weight is 359 g/mol. The summed E-state index contributed by atoms with van der Waals surface area (Å²) in [7, 11) is 0. The second-order valence-corrected chi connectivity index (χ2v) is 7.46. The third-order valence-electron chi connectivity index (χ3n) is 5.20. The molecule has 7 heteroatoms. The number of ether oxygens (including phenoxy) is 1. The summed E-state index contributed by atoms with van der Waals surface area (Å²) in [6, 6.07) is 2.00. The number of amides is 1. The maximum absolute atomic E-state index is 12.5. The van der Waals surface area contributed by atoms with Crippen LogP contribution in [0.1, 0.15) is 29.7 Å².